The van der Waals surface area contributed by atoms with E-state index in [4.69, 9.17) is 4.74 Å². The second-order valence-electron chi connectivity index (χ2n) is 4.58. The molecule has 0 radical (unpaired) electrons. The number of alkyl carbamates (subject to hydrolysis) is 1. The summed E-state index contributed by atoms with van der Waals surface area (Å²) >= 11 is 0. The number of carbonyl (C=O) groups excluding carboxylic acids is 1. The molecule has 3 nitrogen and oxygen atoms in total. The SMILES string of the molecule is CCCCNC(=O)O[C@H]1CCC[C@H](C)C1. The van der Waals surface area contributed by atoms with Crippen LogP contribution in [0.3, 0.4) is 0 Å². The molecule has 1 amide bonds. The molecule has 0 bridgehead atoms. The van der Waals surface area contributed by atoms with Gasteiger partial charge in [0.2, 0.25) is 0 Å². The van der Waals surface area contributed by atoms with E-state index in [1.807, 2.05) is 0 Å². The molecule has 1 N–H and O–H groups in total. The van der Waals surface area contributed by atoms with E-state index in [9.17, 15) is 4.79 Å². The van der Waals surface area contributed by atoms with E-state index in [1.54, 1.807) is 0 Å². The zero-order valence-corrected chi connectivity index (χ0v) is 9.92. The van der Waals surface area contributed by atoms with Crippen LogP contribution in [0, 0.1) is 5.92 Å². The fourth-order valence-corrected chi connectivity index (χ4v) is 2.05. The summed E-state index contributed by atoms with van der Waals surface area (Å²) in [6.45, 7) is 5.07. The van der Waals surface area contributed by atoms with Crippen LogP contribution in [0.1, 0.15) is 52.4 Å². The van der Waals surface area contributed by atoms with Gasteiger partial charge in [-0.1, -0.05) is 26.7 Å². The van der Waals surface area contributed by atoms with Crippen molar-refractivity contribution in [3.63, 3.8) is 0 Å². The van der Waals surface area contributed by atoms with Crippen LogP contribution in [0.15, 0.2) is 0 Å². The fourth-order valence-electron chi connectivity index (χ4n) is 2.05. The summed E-state index contributed by atoms with van der Waals surface area (Å²) in [6, 6.07) is 0. The molecule has 0 aromatic rings. The van der Waals surface area contributed by atoms with Crippen LogP contribution >= 0.6 is 0 Å². The largest absolute Gasteiger partial charge is 0.446 e. The summed E-state index contributed by atoms with van der Waals surface area (Å²) in [6.07, 6.45) is 6.56. The highest BCUT2D eigenvalue weighted by molar-refractivity contribution is 5.67. The van der Waals surface area contributed by atoms with Crippen molar-refractivity contribution >= 4 is 6.09 Å². The molecule has 0 saturated heterocycles. The number of hydrogen-bond donors (Lipinski definition) is 1. The fraction of sp³-hybridized carbons (Fsp3) is 0.917. The highest BCUT2D eigenvalue weighted by atomic mass is 16.6. The Labute approximate surface area is 92.6 Å². The lowest BCUT2D eigenvalue weighted by Crippen LogP contribution is -2.32. The minimum absolute atomic E-state index is 0.148. The molecule has 0 spiro atoms. The third-order valence-corrected chi connectivity index (χ3v) is 2.96. The summed E-state index contributed by atoms with van der Waals surface area (Å²) < 4.78 is 5.36. The van der Waals surface area contributed by atoms with Crippen molar-refractivity contribution in [3.05, 3.63) is 0 Å². The van der Waals surface area contributed by atoms with Gasteiger partial charge in [-0.2, -0.15) is 0 Å². The Kier molecular flexibility index (Phi) is 5.51. The molecule has 15 heavy (non-hydrogen) atoms. The van der Waals surface area contributed by atoms with Gasteiger partial charge in [-0.3, -0.25) is 0 Å². The molecule has 88 valence electrons. The summed E-state index contributed by atoms with van der Waals surface area (Å²) in [4.78, 5) is 11.4. The first-order valence-electron chi connectivity index (χ1n) is 6.16. The number of amides is 1. The van der Waals surface area contributed by atoms with Gasteiger partial charge in [0.05, 0.1) is 0 Å². The van der Waals surface area contributed by atoms with Gasteiger partial charge in [0, 0.05) is 6.54 Å². The van der Waals surface area contributed by atoms with Crippen molar-refractivity contribution in [1.82, 2.24) is 5.32 Å². The molecule has 0 aromatic heterocycles. The maximum Gasteiger partial charge on any atom is 0.407 e. The van der Waals surface area contributed by atoms with Gasteiger partial charge in [0.15, 0.2) is 0 Å². The molecular formula is C12H23NO2. The van der Waals surface area contributed by atoms with Crippen molar-refractivity contribution in [1.29, 1.82) is 0 Å². The van der Waals surface area contributed by atoms with Crippen LogP contribution < -0.4 is 5.32 Å². The average Bonchev–Trinajstić information content (AvgIpc) is 2.18. The number of nitrogens with one attached hydrogen (secondary N) is 1. The lowest BCUT2D eigenvalue weighted by Gasteiger charge is -2.26. The smallest absolute Gasteiger partial charge is 0.407 e. The van der Waals surface area contributed by atoms with Crippen LogP contribution in [0.5, 0.6) is 0 Å². The lowest BCUT2D eigenvalue weighted by molar-refractivity contribution is 0.0625. The first-order valence-corrected chi connectivity index (χ1v) is 6.16. The Balaban J connectivity index is 2.13. The summed E-state index contributed by atoms with van der Waals surface area (Å²) in [5, 5.41) is 2.78. The molecule has 0 aliphatic heterocycles. The summed E-state index contributed by atoms with van der Waals surface area (Å²) in [5.74, 6) is 0.701. The van der Waals surface area contributed by atoms with Crippen LogP contribution in [0.4, 0.5) is 4.79 Å². The highest BCUT2D eigenvalue weighted by Crippen LogP contribution is 2.25. The maximum absolute atomic E-state index is 11.4. The summed E-state index contributed by atoms with van der Waals surface area (Å²) in [7, 11) is 0. The second-order valence-corrected chi connectivity index (χ2v) is 4.58. The quantitative estimate of drug-likeness (QED) is 0.729. The average molecular weight is 213 g/mol. The van der Waals surface area contributed by atoms with E-state index in [1.165, 1.54) is 12.8 Å². The van der Waals surface area contributed by atoms with Gasteiger partial charge in [-0.25, -0.2) is 4.79 Å². The zero-order chi connectivity index (χ0) is 11.1. The number of rotatable bonds is 4. The second kappa shape index (κ2) is 6.70. The summed E-state index contributed by atoms with van der Waals surface area (Å²) in [5.41, 5.74) is 0. The lowest BCUT2D eigenvalue weighted by atomic mass is 9.89. The maximum atomic E-state index is 11.4. The third kappa shape index (κ3) is 5.05. The van der Waals surface area contributed by atoms with Crippen molar-refractivity contribution < 1.29 is 9.53 Å². The van der Waals surface area contributed by atoms with Gasteiger partial charge in [-0.15, -0.1) is 0 Å². The number of hydrogen-bond acceptors (Lipinski definition) is 2. The van der Waals surface area contributed by atoms with Gasteiger partial charge < -0.3 is 10.1 Å². The van der Waals surface area contributed by atoms with Crippen molar-refractivity contribution in [2.24, 2.45) is 5.92 Å². The van der Waals surface area contributed by atoms with E-state index < -0.39 is 0 Å². The van der Waals surface area contributed by atoms with Crippen molar-refractivity contribution in [2.75, 3.05) is 6.54 Å². The zero-order valence-electron chi connectivity index (χ0n) is 9.92. The molecule has 2 atom stereocenters. The Morgan fingerprint density at radius 1 is 1.47 bits per heavy atom. The van der Waals surface area contributed by atoms with Crippen LogP contribution in [-0.4, -0.2) is 18.7 Å². The minimum Gasteiger partial charge on any atom is -0.446 e. The van der Waals surface area contributed by atoms with Gasteiger partial charge in [-0.05, 0) is 31.6 Å². The van der Waals surface area contributed by atoms with E-state index in [0.717, 1.165) is 32.2 Å². The molecule has 3 heteroatoms. The molecule has 1 aliphatic rings. The van der Waals surface area contributed by atoms with Crippen LogP contribution in [0.25, 0.3) is 0 Å². The first-order chi connectivity index (χ1) is 7.22. The van der Waals surface area contributed by atoms with E-state index in [0.29, 0.717) is 5.92 Å². The molecular weight excluding hydrogens is 190 g/mol. The van der Waals surface area contributed by atoms with Crippen molar-refractivity contribution in [2.45, 2.75) is 58.5 Å². The molecule has 1 aliphatic carbocycles. The Bertz CT molecular complexity index is 194. The normalized spacial score (nSPS) is 26.0. The monoisotopic (exact) mass is 213 g/mol. The molecule has 1 rings (SSSR count). The Morgan fingerprint density at radius 3 is 2.93 bits per heavy atom. The van der Waals surface area contributed by atoms with E-state index >= 15 is 0 Å². The van der Waals surface area contributed by atoms with Gasteiger partial charge in [0.25, 0.3) is 0 Å². The molecule has 0 unspecified atom stereocenters. The van der Waals surface area contributed by atoms with Crippen LogP contribution in [-0.2, 0) is 4.74 Å². The topological polar surface area (TPSA) is 38.3 Å². The predicted molar refractivity (Wildman–Crippen MR) is 60.8 cm³/mol. The van der Waals surface area contributed by atoms with E-state index in [2.05, 4.69) is 19.2 Å². The number of ether oxygens (including phenoxy) is 1. The van der Waals surface area contributed by atoms with E-state index in [-0.39, 0.29) is 12.2 Å². The Morgan fingerprint density at radius 2 is 2.27 bits per heavy atom. The molecule has 0 aromatic carbocycles. The van der Waals surface area contributed by atoms with Crippen molar-refractivity contribution in [3.8, 4) is 0 Å². The first kappa shape index (κ1) is 12.3. The molecule has 0 heterocycles. The molecule has 1 saturated carbocycles. The number of carbonyl (C=O) groups is 1. The van der Waals surface area contributed by atoms with Gasteiger partial charge >= 0.3 is 6.09 Å². The number of unbranched alkanes of at least 4 members (excludes halogenated alkanes) is 1. The van der Waals surface area contributed by atoms with Crippen LogP contribution in [0.2, 0.25) is 0 Å². The third-order valence-electron chi connectivity index (χ3n) is 2.96. The predicted octanol–water partition coefficient (Wildman–Crippen LogP) is 3.09. The highest BCUT2D eigenvalue weighted by Gasteiger charge is 2.21. The van der Waals surface area contributed by atoms with Gasteiger partial charge in [0.1, 0.15) is 6.10 Å². The minimum atomic E-state index is -0.234. The molecule has 1 fully saturated rings. The standard InChI is InChI=1S/C12H23NO2/c1-3-4-8-13-12(14)15-11-7-5-6-10(2)9-11/h10-11H,3-9H2,1-2H3,(H,13,14)/t10-,11-/m0/s1. The Hall–Kier alpha value is -0.730.